The summed E-state index contributed by atoms with van der Waals surface area (Å²) in [6, 6.07) is 14.7. The fourth-order valence-corrected chi connectivity index (χ4v) is 3.35. The maximum Gasteiger partial charge on any atom is 0.255 e. The Labute approximate surface area is 165 Å². The van der Waals surface area contributed by atoms with E-state index in [1.54, 1.807) is 12.1 Å². The topological polar surface area (TPSA) is 70.7 Å². The fraction of sp³-hybridized carbons (Fsp3) is 0.364. The maximum atomic E-state index is 12.6. The van der Waals surface area contributed by atoms with E-state index in [1.807, 2.05) is 62.1 Å². The van der Waals surface area contributed by atoms with Gasteiger partial charge < -0.3 is 20.3 Å². The van der Waals surface area contributed by atoms with Crippen LogP contribution in [0.5, 0.6) is 0 Å². The van der Waals surface area contributed by atoms with E-state index in [4.69, 9.17) is 4.74 Å². The summed E-state index contributed by atoms with van der Waals surface area (Å²) in [5, 5.41) is 6.11. The summed E-state index contributed by atoms with van der Waals surface area (Å²) < 4.78 is 5.68. The Morgan fingerprint density at radius 3 is 2.43 bits per heavy atom. The smallest absolute Gasteiger partial charge is 0.255 e. The number of carbonyl (C=O) groups is 2. The Kier molecular flexibility index (Phi) is 6.31. The maximum absolute atomic E-state index is 12.6. The number of carbonyl (C=O) groups excluding carboxylic acids is 2. The number of nitrogens with zero attached hydrogens (tertiary/aromatic N) is 1. The summed E-state index contributed by atoms with van der Waals surface area (Å²) in [5.41, 5.74) is 3.12. The van der Waals surface area contributed by atoms with Gasteiger partial charge in [0.15, 0.2) is 0 Å². The van der Waals surface area contributed by atoms with E-state index in [1.165, 1.54) is 0 Å². The molecule has 28 heavy (non-hydrogen) atoms. The van der Waals surface area contributed by atoms with Gasteiger partial charge in [-0.1, -0.05) is 24.3 Å². The molecule has 2 atom stereocenters. The second-order valence-corrected chi connectivity index (χ2v) is 7.26. The quantitative estimate of drug-likeness (QED) is 0.834. The zero-order valence-corrected chi connectivity index (χ0v) is 16.6. The van der Waals surface area contributed by atoms with Crippen LogP contribution in [0.1, 0.15) is 29.8 Å². The van der Waals surface area contributed by atoms with Gasteiger partial charge in [-0.3, -0.25) is 9.59 Å². The summed E-state index contributed by atoms with van der Waals surface area (Å²) in [6.45, 7) is 7.34. The van der Waals surface area contributed by atoms with Crippen LogP contribution < -0.4 is 10.6 Å². The monoisotopic (exact) mass is 381 g/mol. The van der Waals surface area contributed by atoms with Gasteiger partial charge in [0.1, 0.15) is 0 Å². The van der Waals surface area contributed by atoms with Gasteiger partial charge in [0.05, 0.1) is 18.8 Å². The van der Waals surface area contributed by atoms with Crippen LogP contribution in [-0.2, 0) is 9.53 Å². The van der Waals surface area contributed by atoms with Gasteiger partial charge in [-0.05, 0) is 50.6 Å². The van der Waals surface area contributed by atoms with Crippen molar-refractivity contribution in [2.45, 2.75) is 33.0 Å². The van der Waals surface area contributed by atoms with E-state index >= 15 is 0 Å². The minimum Gasteiger partial charge on any atom is -0.376 e. The van der Waals surface area contributed by atoms with Crippen LogP contribution in [0.15, 0.2) is 48.5 Å². The summed E-state index contributed by atoms with van der Waals surface area (Å²) in [4.78, 5) is 26.7. The molecule has 2 amide bonds. The normalized spacial score (nSPS) is 19.2. The number of hydrogen-bond donors (Lipinski definition) is 2. The molecule has 2 aromatic rings. The zero-order valence-electron chi connectivity index (χ0n) is 16.6. The molecule has 0 spiro atoms. The molecule has 6 nitrogen and oxygen atoms in total. The minimum absolute atomic E-state index is 0.0418. The first-order valence-corrected chi connectivity index (χ1v) is 9.56. The minimum atomic E-state index is -0.164. The highest BCUT2D eigenvalue weighted by Gasteiger charge is 2.25. The zero-order chi connectivity index (χ0) is 20.1. The summed E-state index contributed by atoms with van der Waals surface area (Å²) in [6.07, 6.45) is 0.0944. The van der Waals surface area contributed by atoms with Crippen molar-refractivity contribution < 1.29 is 14.3 Å². The molecule has 1 fully saturated rings. The number of anilines is 2. The number of hydrogen-bond acceptors (Lipinski definition) is 4. The van der Waals surface area contributed by atoms with Crippen molar-refractivity contribution in [3.8, 4) is 0 Å². The highest BCUT2D eigenvalue weighted by atomic mass is 16.5. The lowest BCUT2D eigenvalue weighted by atomic mass is 10.1. The molecule has 1 saturated heterocycles. The highest BCUT2D eigenvalue weighted by Crippen LogP contribution is 2.21. The van der Waals surface area contributed by atoms with Gasteiger partial charge in [-0.2, -0.15) is 0 Å². The molecule has 3 rings (SSSR count). The van der Waals surface area contributed by atoms with E-state index < -0.39 is 0 Å². The SMILES string of the molecule is Cc1ccc(NC(=O)c2ccccc2)cc1NCC(=O)N1CC(C)OC(C)C1. The molecule has 0 bridgehead atoms. The molecule has 148 valence electrons. The van der Waals surface area contributed by atoms with E-state index in [9.17, 15) is 9.59 Å². The number of rotatable bonds is 5. The van der Waals surface area contributed by atoms with Crippen LogP contribution in [-0.4, -0.2) is 48.6 Å². The second-order valence-electron chi connectivity index (χ2n) is 7.26. The Hall–Kier alpha value is -2.86. The average Bonchev–Trinajstić information content (AvgIpc) is 2.68. The third-order valence-corrected chi connectivity index (χ3v) is 4.73. The Morgan fingerprint density at radius 2 is 1.75 bits per heavy atom. The van der Waals surface area contributed by atoms with E-state index in [2.05, 4.69) is 10.6 Å². The standard InChI is InChI=1S/C22H27N3O3/c1-15-9-10-19(24-22(27)18-7-5-4-6-8-18)11-20(15)23-12-21(26)25-13-16(2)28-17(3)14-25/h4-11,16-17,23H,12-14H2,1-3H3,(H,24,27). The molecule has 1 heterocycles. The largest absolute Gasteiger partial charge is 0.376 e. The average molecular weight is 381 g/mol. The molecule has 0 aromatic heterocycles. The summed E-state index contributed by atoms with van der Waals surface area (Å²) in [5.74, 6) is -0.122. The van der Waals surface area contributed by atoms with Gasteiger partial charge in [0, 0.05) is 30.0 Å². The van der Waals surface area contributed by atoms with Gasteiger partial charge >= 0.3 is 0 Å². The lowest BCUT2D eigenvalue weighted by Crippen LogP contribution is -2.49. The number of aryl methyl sites for hydroxylation is 1. The molecule has 2 aromatic carbocycles. The highest BCUT2D eigenvalue weighted by molar-refractivity contribution is 6.04. The molecular formula is C22H27N3O3. The molecule has 2 unspecified atom stereocenters. The van der Waals surface area contributed by atoms with Crippen LogP contribution in [0.4, 0.5) is 11.4 Å². The van der Waals surface area contributed by atoms with Crippen LogP contribution in [0.2, 0.25) is 0 Å². The first-order valence-electron chi connectivity index (χ1n) is 9.56. The molecular weight excluding hydrogens is 354 g/mol. The Bertz CT molecular complexity index is 828. The van der Waals surface area contributed by atoms with Gasteiger partial charge in [-0.25, -0.2) is 0 Å². The van der Waals surface area contributed by atoms with E-state index in [-0.39, 0.29) is 30.6 Å². The van der Waals surface area contributed by atoms with Crippen molar-refractivity contribution in [1.82, 2.24) is 4.90 Å². The molecule has 0 radical (unpaired) electrons. The number of ether oxygens (including phenoxy) is 1. The molecule has 1 aliphatic rings. The van der Waals surface area contributed by atoms with Crippen molar-refractivity contribution in [1.29, 1.82) is 0 Å². The van der Waals surface area contributed by atoms with Crippen molar-refractivity contribution in [3.05, 3.63) is 59.7 Å². The fourth-order valence-electron chi connectivity index (χ4n) is 3.35. The van der Waals surface area contributed by atoms with Crippen LogP contribution in [0.3, 0.4) is 0 Å². The van der Waals surface area contributed by atoms with Crippen LogP contribution in [0.25, 0.3) is 0 Å². The lowest BCUT2D eigenvalue weighted by molar-refractivity contribution is -0.141. The first-order chi connectivity index (χ1) is 13.4. The van der Waals surface area contributed by atoms with Crippen molar-refractivity contribution >= 4 is 23.2 Å². The molecule has 0 aliphatic carbocycles. The number of morpholine rings is 1. The number of benzene rings is 2. The van der Waals surface area contributed by atoms with E-state index in [0.29, 0.717) is 24.3 Å². The predicted molar refractivity (Wildman–Crippen MR) is 111 cm³/mol. The molecule has 1 aliphatic heterocycles. The number of nitrogens with one attached hydrogen (secondary N) is 2. The third-order valence-electron chi connectivity index (χ3n) is 4.73. The van der Waals surface area contributed by atoms with Gasteiger partial charge in [0.25, 0.3) is 5.91 Å². The van der Waals surface area contributed by atoms with Crippen molar-refractivity contribution in [2.75, 3.05) is 30.3 Å². The van der Waals surface area contributed by atoms with Gasteiger partial charge in [-0.15, -0.1) is 0 Å². The third kappa shape index (κ3) is 5.10. The second kappa shape index (κ2) is 8.89. The Balaban J connectivity index is 1.62. The molecule has 2 N–H and O–H groups in total. The predicted octanol–water partition coefficient (Wildman–Crippen LogP) is 3.30. The van der Waals surface area contributed by atoms with Crippen molar-refractivity contribution in [3.63, 3.8) is 0 Å². The first kappa shape index (κ1) is 19.9. The number of amides is 2. The van der Waals surface area contributed by atoms with Crippen LogP contribution in [0, 0.1) is 6.92 Å². The summed E-state index contributed by atoms with van der Waals surface area (Å²) >= 11 is 0. The molecule has 0 saturated carbocycles. The lowest BCUT2D eigenvalue weighted by Gasteiger charge is -2.35. The van der Waals surface area contributed by atoms with E-state index in [0.717, 1.165) is 11.3 Å². The van der Waals surface area contributed by atoms with Crippen molar-refractivity contribution in [2.24, 2.45) is 0 Å². The van der Waals surface area contributed by atoms with Gasteiger partial charge in [0.2, 0.25) is 5.91 Å². The van der Waals surface area contributed by atoms with Crippen LogP contribution >= 0.6 is 0 Å². The summed E-state index contributed by atoms with van der Waals surface area (Å²) in [7, 11) is 0. The Morgan fingerprint density at radius 1 is 1.07 bits per heavy atom. The molecule has 6 heteroatoms.